The fraction of sp³-hybridized carbons (Fsp3) is 0.556. The molecule has 1 saturated heterocycles. The second kappa shape index (κ2) is 9.05. The number of aliphatic hydroxyl groups excluding tert-OH is 2. The van der Waals surface area contributed by atoms with Crippen LogP contribution in [-0.4, -0.2) is 56.7 Å². The molecular formula is C18H22BrCl2N3O5. The van der Waals surface area contributed by atoms with Crippen molar-refractivity contribution in [1.82, 2.24) is 9.55 Å². The number of nitrogens with two attached hydrogens (primary N) is 1. The molecule has 29 heavy (non-hydrogen) atoms. The first-order chi connectivity index (χ1) is 13.6. The fourth-order valence-electron chi connectivity index (χ4n) is 3.13. The standard InChI is InChI=1S/C18H22BrCl2N3O5/c1-3-7(2)13(22)17(27)28-6-12-14(25)15(26)16(29-12)24-11-5-9(21)8(20)4-10(11)23-18(24)19/h4-5,7,12-16,25-26H,3,6,22H2,1-2H3/t7?,12?,13-,14?,15?,16?/m0/s1. The van der Waals surface area contributed by atoms with Crippen LogP contribution in [-0.2, 0) is 14.3 Å². The second-order valence-electron chi connectivity index (χ2n) is 7.09. The summed E-state index contributed by atoms with van der Waals surface area (Å²) in [4.78, 5) is 16.4. The van der Waals surface area contributed by atoms with Gasteiger partial charge in [0.15, 0.2) is 11.0 Å². The van der Waals surface area contributed by atoms with Gasteiger partial charge in [0.25, 0.3) is 0 Å². The Morgan fingerprint density at radius 3 is 2.69 bits per heavy atom. The zero-order valence-electron chi connectivity index (χ0n) is 15.8. The molecule has 0 radical (unpaired) electrons. The normalized spacial score (nSPS) is 26.6. The lowest BCUT2D eigenvalue weighted by atomic mass is 10.0. The van der Waals surface area contributed by atoms with E-state index in [0.717, 1.165) is 6.42 Å². The van der Waals surface area contributed by atoms with Gasteiger partial charge in [-0.2, -0.15) is 0 Å². The molecule has 5 unspecified atom stereocenters. The van der Waals surface area contributed by atoms with Gasteiger partial charge >= 0.3 is 5.97 Å². The van der Waals surface area contributed by atoms with Crippen molar-refractivity contribution in [3.8, 4) is 0 Å². The van der Waals surface area contributed by atoms with Gasteiger partial charge in [0.05, 0.1) is 21.1 Å². The lowest BCUT2D eigenvalue weighted by molar-refractivity contribution is -0.152. The monoisotopic (exact) mass is 509 g/mol. The molecule has 1 fully saturated rings. The molecule has 6 atom stereocenters. The van der Waals surface area contributed by atoms with E-state index in [9.17, 15) is 15.0 Å². The third kappa shape index (κ3) is 4.41. The Hall–Kier alpha value is -0.940. The van der Waals surface area contributed by atoms with Gasteiger partial charge in [0.2, 0.25) is 0 Å². The summed E-state index contributed by atoms with van der Waals surface area (Å²) in [5, 5.41) is 21.6. The highest BCUT2D eigenvalue weighted by atomic mass is 79.9. The Balaban J connectivity index is 1.78. The third-order valence-electron chi connectivity index (χ3n) is 5.20. The number of aromatic nitrogens is 2. The second-order valence-corrected chi connectivity index (χ2v) is 8.62. The maximum absolute atomic E-state index is 12.1. The van der Waals surface area contributed by atoms with Crippen molar-refractivity contribution in [2.45, 2.75) is 50.8 Å². The van der Waals surface area contributed by atoms with E-state index in [1.54, 1.807) is 16.7 Å². The highest BCUT2D eigenvalue weighted by Gasteiger charge is 2.45. The van der Waals surface area contributed by atoms with Crippen LogP contribution in [0.25, 0.3) is 11.0 Å². The zero-order chi connectivity index (χ0) is 21.5. The number of rotatable bonds is 6. The molecule has 1 aromatic carbocycles. The van der Waals surface area contributed by atoms with Crippen molar-refractivity contribution < 1.29 is 24.5 Å². The van der Waals surface area contributed by atoms with E-state index in [1.807, 2.05) is 13.8 Å². The number of hydrogen-bond acceptors (Lipinski definition) is 7. The first kappa shape index (κ1) is 22.7. The van der Waals surface area contributed by atoms with Crippen molar-refractivity contribution in [3.63, 3.8) is 0 Å². The molecule has 0 aliphatic carbocycles. The van der Waals surface area contributed by atoms with Crippen LogP contribution >= 0.6 is 39.1 Å². The molecule has 1 aliphatic rings. The maximum atomic E-state index is 12.1. The SMILES string of the molecule is CCC(C)[C@H](N)C(=O)OCC1OC(n2c(Br)nc3cc(Cl)c(Cl)cc32)C(O)C1O. The predicted molar refractivity (Wildman–Crippen MR) is 112 cm³/mol. The number of carbonyl (C=O) groups is 1. The average molecular weight is 511 g/mol. The highest BCUT2D eigenvalue weighted by molar-refractivity contribution is 9.10. The van der Waals surface area contributed by atoms with Gasteiger partial charge in [-0.05, 0) is 34.0 Å². The van der Waals surface area contributed by atoms with Crippen LogP contribution < -0.4 is 5.73 Å². The molecule has 0 saturated carbocycles. The number of ether oxygens (including phenoxy) is 2. The molecule has 2 aromatic rings. The molecule has 0 spiro atoms. The van der Waals surface area contributed by atoms with Crippen molar-refractivity contribution in [3.05, 3.63) is 26.9 Å². The number of fused-ring (bicyclic) bond motifs is 1. The number of hydrogen-bond donors (Lipinski definition) is 3. The summed E-state index contributed by atoms with van der Waals surface area (Å²) in [6, 6.07) is 2.42. The van der Waals surface area contributed by atoms with E-state index in [-0.39, 0.29) is 12.5 Å². The number of imidazole rings is 1. The Bertz CT molecular complexity index is 911. The van der Waals surface area contributed by atoms with Gasteiger partial charge in [-0.25, -0.2) is 4.98 Å². The Morgan fingerprint density at radius 1 is 1.38 bits per heavy atom. The molecule has 1 aromatic heterocycles. The average Bonchev–Trinajstić information content (AvgIpc) is 3.14. The van der Waals surface area contributed by atoms with Gasteiger partial charge in [-0.1, -0.05) is 43.5 Å². The topological polar surface area (TPSA) is 120 Å². The van der Waals surface area contributed by atoms with Crippen LogP contribution in [0.4, 0.5) is 0 Å². The zero-order valence-corrected chi connectivity index (χ0v) is 18.9. The number of aliphatic hydroxyl groups is 2. The molecular weight excluding hydrogens is 489 g/mol. The molecule has 2 heterocycles. The molecule has 160 valence electrons. The van der Waals surface area contributed by atoms with E-state index < -0.39 is 36.6 Å². The van der Waals surface area contributed by atoms with Crippen molar-refractivity contribution in [1.29, 1.82) is 0 Å². The lowest BCUT2D eigenvalue weighted by Gasteiger charge is -2.20. The molecule has 0 bridgehead atoms. The van der Waals surface area contributed by atoms with Crippen molar-refractivity contribution in [2.75, 3.05) is 6.61 Å². The van der Waals surface area contributed by atoms with Gasteiger partial charge in [-0.15, -0.1) is 0 Å². The summed E-state index contributed by atoms with van der Waals surface area (Å²) in [5.74, 6) is -0.621. The molecule has 0 amide bonds. The van der Waals surface area contributed by atoms with Crippen LogP contribution in [0.1, 0.15) is 26.5 Å². The summed E-state index contributed by atoms with van der Waals surface area (Å²) in [7, 11) is 0. The van der Waals surface area contributed by atoms with Crippen molar-refractivity contribution >= 4 is 56.1 Å². The Morgan fingerprint density at radius 2 is 2.03 bits per heavy atom. The Kier molecular flexibility index (Phi) is 7.10. The van der Waals surface area contributed by atoms with E-state index >= 15 is 0 Å². The first-order valence-corrected chi connectivity index (χ1v) is 10.7. The first-order valence-electron chi connectivity index (χ1n) is 9.12. The summed E-state index contributed by atoms with van der Waals surface area (Å²) < 4.78 is 12.9. The number of esters is 1. The lowest BCUT2D eigenvalue weighted by Crippen LogP contribution is -2.40. The fourth-order valence-corrected chi connectivity index (χ4v) is 4.03. The number of benzene rings is 1. The van der Waals surface area contributed by atoms with Gasteiger partial charge in [-0.3, -0.25) is 9.36 Å². The molecule has 4 N–H and O–H groups in total. The summed E-state index contributed by atoms with van der Waals surface area (Å²) in [5.41, 5.74) is 6.95. The maximum Gasteiger partial charge on any atom is 0.323 e. The summed E-state index contributed by atoms with van der Waals surface area (Å²) in [6.45, 7) is 3.54. The molecule has 1 aliphatic heterocycles. The number of nitrogens with zero attached hydrogens (tertiary/aromatic N) is 2. The molecule has 11 heteroatoms. The van der Waals surface area contributed by atoms with Crippen LogP contribution in [0.5, 0.6) is 0 Å². The Labute approximate surface area is 186 Å². The van der Waals surface area contributed by atoms with Crippen LogP contribution in [0, 0.1) is 5.92 Å². The minimum atomic E-state index is -1.29. The highest BCUT2D eigenvalue weighted by Crippen LogP contribution is 2.37. The smallest absolute Gasteiger partial charge is 0.323 e. The van der Waals surface area contributed by atoms with E-state index in [0.29, 0.717) is 25.8 Å². The van der Waals surface area contributed by atoms with Gasteiger partial charge in [0, 0.05) is 0 Å². The number of carbonyl (C=O) groups excluding carboxylic acids is 1. The van der Waals surface area contributed by atoms with Gasteiger partial charge in [0.1, 0.15) is 31.0 Å². The van der Waals surface area contributed by atoms with E-state index in [1.165, 1.54) is 0 Å². The van der Waals surface area contributed by atoms with Crippen LogP contribution in [0.15, 0.2) is 16.9 Å². The van der Waals surface area contributed by atoms with Crippen LogP contribution in [0.3, 0.4) is 0 Å². The third-order valence-corrected chi connectivity index (χ3v) is 6.48. The minimum absolute atomic E-state index is 0.0416. The summed E-state index contributed by atoms with van der Waals surface area (Å²) >= 11 is 15.5. The van der Waals surface area contributed by atoms with Crippen LogP contribution in [0.2, 0.25) is 10.0 Å². The summed E-state index contributed by atoms with van der Waals surface area (Å²) in [6.07, 6.45) is -3.75. The van der Waals surface area contributed by atoms with Gasteiger partial charge < -0.3 is 25.4 Å². The largest absolute Gasteiger partial charge is 0.462 e. The number of halogens is 3. The quantitative estimate of drug-likeness (QED) is 0.511. The van der Waals surface area contributed by atoms with Crippen molar-refractivity contribution in [2.24, 2.45) is 11.7 Å². The molecule has 8 nitrogen and oxygen atoms in total. The predicted octanol–water partition coefficient (Wildman–Crippen LogP) is 2.64. The molecule has 3 rings (SSSR count). The van der Waals surface area contributed by atoms with E-state index in [2.05, 4.69) is 20.9 Å². The van der Waals surface area contributed by atoms with E-state index in [4.69, 9.17) is 38.4 Å². The minimum Gasteiger partial charge on any atom is -0.462 e.